The van der Waals surface area contributed by atoms with E-state index in [1.54, 1.807) is 0 Å². The maximum absolute atomic E-state index is 11.3. The molecular formula is C10H19NO5. The lowest BCUT2D eigenvalue weighted by atomic mass is 10.2. The van der Waals surface area contributed by atoms with Gasteiger partial charge >= 0.3 is 5.97 Å². The number of carbonyl (C=O) groups excluding carboxylic acids is 1. The number of ether oxygens (including phenoxy) is 2. The minimum atomic E-state index is -0.834. The van der Waals surface area contributed by atoms with Crippen LogP contribution in [0, 0.1) is 0 Å². The number of hydrogen-bond donors (Lipinski definition) is 2. The van der Waals surface area contributed by atoms with Gasteiger partial charge in [0.15, 0.2) is 6.29 Å². The summed E-state index contributed by atoms with van der Waals surface area (Å²) in [5, 5.41) is 11.0. The second-order valence-corrected chi connectivity index (χ2v) is 3.31. The van der Waals surface area contributed by atoms with Crippen LogP contribution in [0.1, 0.15) is 25.7 Å². The van der Waals surface area contributed by atoms with Gasteiger partial charge in [-0.2, -0.15) is 0 Å². The highest BCUT2D eigenvalue weighted by Gasteiger charge is 2.07. The van der Waals surface area contributed by atoms with E-state index in [2.05, 4.69) is 5.32 Å². The molecule has 0 aromatic heterocycles. The molecular weight excluding hydrogens is 214 g/mol. The fourth-order valence-electron chi connectivity index (χ4n) is 1.11. The number of carboxylic acid groups (broad SMARTS) is 1. The van der Waals surface area contributed by atoms with Gasteiger partial charge in [0.25, 0.3) is 0 Å². The van der Waals surface area contributed by atoms with Crippen molar-refractivity contribution in [2.24, 2.45) is 0 Å². The lowest BCUT2D eigenvalue weighted by Crippen LogP contribution is -2.33. The Morgan fingerprint density at radius 1 is 1.19 bits per heavy atom. The van der Waals surface area contributed by atoms with Crippen molar-refractivity contribution in [2.45, 2.75) is 32.0 Å². The molecule has 0 saturated heterocycles. The summed E-state index contributed by atoms with van der Waals surface area (Å²) in [5.41, 5.74) is 0. The molecule has 6 heteroatoms. The maximum atomic E-state index is 11.3. The number of unbranched alkanes of at least 4 members (excludes halogenated alkanes) is 1. The van der Waals surface area contributed by atoms with E-state index in [0.29, 0.717) is 25.8 Å². The van der Waals surface area contributed by atoms with Gasteiger partial charge in [0.05, 0.1) is 6.54 Å². The minimum absolute atomic E-state index is 0.103. The smallest absolute Gasteiger partial charge is 0.303 e. The quantitative estimate of drug-likeness (QED) is 0.444. The molecule has 0 fully saturated rings. The molecule has 2 N–H and O–H groups in total. The minimum Gasteiger partial charge on any atom is -0.481 e. The Labute approximate surface area is 94.9 Å². The number of carbonyl (C=O) groups is 2. The van der Waals surface area contributed by atoms with Gasteiger partial charge < -0.3 is 19.9 Å². The summed E-state index contributed by atoms with van der Waals surface area (Å²) >= 11 is 0. The van der Waals surface area contributed by atoms with Crippen LogP contribution in [-0.4, -0.2) is 44.0 Å². The van der Waals surface area contributed by atoms with Crippen molar-refractivity contribution in [1.82, 2.24) is 5.32 Å². The van der Waals surface area contributed by atoms with Gasteiger partial charge in [0.2, 0.25) is 5.91 Å². The highest BCUT2D eigenvalue weighted by atomic mass is 16.7. The Kier molecular flexibility index (Phi) is 8.46. The Bertz CT molecular complexity index is 215. The number of methoxy groups -OCH3 is 2. The molecule has 0 saturated carbocycles. The van der Waals surface area contributed by atoms with Crippen molar-refractivity contribution < 1.29 is 24.2 Å². The van der Waals surface area contributed by atoms with Gasteiger partial charge in [-0.05, 0) is 12.8 Å². The highest BCUT2D eigenvalue weighted by Crippen LogP contribution is 1.99. The average molecular weight is 233 g/mol. The monoisotopic (exact) mass is 233 g/mol. The summed E-state index contributed by atoms with van der Waals surface area (Å²) in [6, 6.07) is 0. The van der Waals surface area contributed by atoms with Crippen LogP contribution in [0.4, 0.5) is 0 Å². The van der Waals surface area contributed by atoms with E-state index in [-0.39, 0.29) is 12.3 Å². The molecule has 1 amide bonds. The van der Waals surface area contributed by atoms with E-state index in [1.807, 2.05) is 0 Å². The molecule has 0 unspecified atom stereocenters. The molecule has 0 spiro atoms. The third-order valence-electron chi connectivity index (χ3n) is 2.04. The maximum Gasteiger partial charge on any atom is 0.303 e. The predicted molar refractivity (Wildman–Crippen MR) is 56.9 cm³/mol. The third-order valence-corrected chi connectivity index (χ3v) is 2.04. The molecule has 0 aliphatic carbocycles. The summed E-state index contributed by atoms with van der Waals surface area (Å²) < 4.78 is 9.78. The van der Waals surface area contributed by atoms with Crippen LogP contribution in [0.5, 0.6) is 0 Å². The lowest BCUT2D eigenvalue weighted by Gasteiger charge is -2.13. The van der Waals surface area contributed by atoms with Gasteiger partial charge in [0, 0.05) is 27.1 Å². The van der Waals surface area contributed by atoms with Crippen LogP contribution in [0.3, 0.4) is 0 Å². The lowest BCUT2D eigenvalue weighted by molar-refractivity contribution is -0.137. The Hall–Kier alpha value is -1.14. The second kappa shape index (κ2) is 9.11. The molecule has 0 atom stereocenters. The number of aliphatic carboxylic acids is 1. The van der Waals surface area contributed by atoms with E-state index < -0.39 is 12.3 Å². The van der Waals surface area contributed by atoms with E-state index in [1.165, 1.54) is 14.2 Å². The second-order valence-electron chi connectivity index (χ2n) is 3.31. The standard InChI is InChI=1S/C10H19NO5/c1-15-10(16-2)7-11-8(12)5-3-4-6-9(13)14/h10H,3-7H2,1-2H3,(H,11,12)(H,13,14). The van der Waals surface area contributed by atoms with Gasteiger partial charge in [-0.1, -0.05) is 0 Å². The first-order valence-corrected chi connectivity index (χ1v) is 5.14. The van der Waals surface area contributed by atoms with Crippen LogP contribution in [0.25, 0.3) is 0 Å². The van der Waals surface area contributed by atoms with Gasteiger partial charge in [-0.3, -0.25) is 9.59 Å². The summed E-state index contributed by atoms with van der Waals surface area (Å²) in [5.74, 6) is -0.955. The zero-order valence-electron chi connectivity index (χ0n) is 9.69. The topological polar surface area (TPSA) is 84.9 Å². The zero-order chi connectivity index (χ0) is 12.4. The van der Waals surface area contributed by atoms with Gasteiger partial charge in [-0.15, -0.1) is 0 Å². The first kappa shape index (κ1) is 14.9. The molecule has 0 radical (unpaired) electrons. The van der Waals surface area contributed by atoms with Crippen molar-refractivity contribution in [1.29, 1.82) is 0 Å². The first-order valence-electron chi connectivity index (χ1n) is 5.14. The van der Waals surface area contributed by atoms with Crippen LogP contribution in [-0.2, 0) is 19.1 Å². The van der Waals surface area contributed by atoms with Crippen LogP contribution in [0.15, 0.2) is 0 Å². The largest absolute Gasteiger partial charge is 0.481 e. The van der Waals surface area contributed by atoms with Crippen molar-refractivity contribution in [3.05, 3.63) is 0 Å². The van der Waals surface area contributed by atoms with Crippen LogP contribution >= 0.6 is 0 Å². The SMILES string of the molecule is COC(CNC(=O)CCCCC(=O)O)OC. The third kappa shape index (κ3) is 8.19. The normalized spacial score (nSPS) is 10.4. The predicted octanol–water partition coefficient (Wildman–Crippen LogP) is 0.366. The van der Waals surface area contributed by atoms with E-state index in [0.717, 1.165) is 0 Å². The molecule has 0 aliphatic heterocycles. The number of nitrogens with one attached hydrogen (secondary N) is 1. The summed E-state index contributed by atoms with van der Waals surface area (Å²) in [6.45, 7) is 0.296. The van der Waals surface area contributed by atoms with E-state index in [4.69, 9.17) is 14.6 Å². The molecule has 6 nitrogen and oxygen atoms in total. The molecule has 94 valence electrons. The summed E-state index contributed by atoms with van der Waals surface area (Å²) in [7, 11) is 2.99. The molecule has 0 bridgehead atoms. The number of rotatable bonds is 9. The van der Waals surface area contributed by atoms with Crippen LogP contribution < -0.4 is 5.32 Å². The number of carboxylic acids is 1. The van der Waals surface area contributed by atoms with Gasteiger partial charge in [-0.25, -0.2) is 0 Å². The Balaban J connectivity index is 3.47. The fraction of sp³-hybridized carbons (Fsp3) is 0.800. The summed E-state index contributed by atoms with van der Waals surface area (Å²) in [4.78, 5) is 21.5. The average Bonchev–Trinajstić information content (AvgIpc) is 2.25. The van der Waals surface area contributed by atoms with Gasteiger partial charge in [0.1, 0.15) is 0 Å². The Morgan fingerprint density at radius 3 is 2.25 bits per heavy atom. The molecule has 0 heterocycles. The van der Waals surface area contributed by atoms with Crippen molar-refractivity contribution in [3.63, 3.8) is 0 Å². The first-order chi connectivity index (χ1) is 7.60. The molecule has 0 aromatic carbocycles. The molecule has 0 aromatic rings. The number of hydrogen-bond acceptors (Lipinski definition) is 4. The molecule has 0 rings (SSSR count). The highest BCUT2D eigenvalue weighted by molar-refractivity contribution is 5.75. The van der Waals surface area contributed by atoms with Crippen molar-refractivity contribution in [2.75, 3.05) is 20.8 Å². The van der Waals surface area contributed by atoms with E-state index >= 15 is 0 Å². The molecule has 16 heavy (non-hydrogen) atoms. The van der Waals surface area contributed by atoms with Crippen molar-refractivity contribution >= 4 is 11.9 Å². The van der Waals surface area contributed by atoms with E-state index in [9.17, 15) is 9.59 Å². The summed E-state index contributed by atoms with van der Waals surface area (Å²) in [6.07, 6.45) is 1.08. The Morgan fingerprint density at radius 2 is 1.75 bits per heavy atom. The van der Waals surface area contributed by atoms with Crippen molar-refractivity contribution in [3.8, 4) is 0 Å². The molecule has 0 aliphatic rings. The van der Waals surface area contributed by atoms with Crippen LogP contribution in [0.2, 0.25) is 0 Å². The number of amides is 1. The zero-order valence-corrected chi connectivity index (χ0v) is 9.69. The fourth-order valence-corrected chi connectivity index (χ4v) is 1.11.